The van der Waals surface area contributed by atoms with E-state index in [1.165, 1.54) is 46.5 Å². The molecule has 6 aromatic rings. The van der Waals surface area contributed by atoms with E-state index in [1.54, 1.807) is 33.3 Å². The van der Waals surface area contributed by atoms with Crippen LogP contribution in [0.5, 0.6) is 11.5 Å². The summed E-state index contributed by atoms with van der Waals surface area (Å²) in [7, 11) is 0.980. The van der Waals surface area contributed by atoms with Crippen LogP contribution in [0, 0.1) is 0 Å². The number of benzene rings is 4. The van der Waals surface area contributed by atoms with Gasteiger partial charge in [-0.1, -0.05) is 96.6 Å². The molecule has 0 radical (unpaired) electrons. The van der Waals surface area contributed by atoms with E-state index in [-0.39, 0.29) is 26.6 Å². The molecule has 4 aromatic carbocycles. The standard InChI is InChI=1S/C19H18Cl2N2O3S.C10H15NO.C9H4Cl3NO2S/c1-3-23(12-13-5-4-6-14(9-13)26-2)27(24,25)15-7-8-16-17(10-15)19(21)22-11-18(16)20;1-3-11-8-9-5-4-6-10(7-9)12-2;10-8-4-13-9(11)7-3-5(16(12,14)15)1-2-6(7)8/h4-11H,3,12H2,1-2H3;4-7,11H,3,8H2,1-2H3;1-4H. The summed E-state index contributed by atoms with van der Waals surface area (Å²) in [5, 5.41) is 6.72. The summed E-state index contributed by atoms with van der Waals surface area (Å²) in [6.07, 6.45) is 2.85. The second-order valence-electron chi connectivity index (χ2n) is 11.6. The molecule has 1 N–H and O–H groups in total. The highest BCUT2D eigenvalue weighted by Crippen LogP contribution is 2.32. The number of hydrogen-bond acceptors (Lipinski definition) is 9. The largest absolute Gasteiger partial charge is 0.497 e. The first kappa shape index (κ1) is 44.3. The van der Waals surface area contributed by atoms with Crippen LogP contribution in [0.3, 0.4) is 0 Å². The van der Waals surface area contributed by atoms with Gasteiger partial charge in [-0.05, 0) is 66.2 Å². The molecule has 0 aliphatic rings. The summed E-state index contributed by atoms with van der Waals surface area (Å²) in [5.74, 6) is 1.60. The van der Waals surface area contributed by atoms with Gasteiger partial charge in [0.2, 0.25) is 10.0 Å². The van der Waals surface area contributed by atoms with Gasteiger partial charge >= 0.3 is 0 Å². The predicted molar refractivity (Wildman–Crippen MR) is 223 cm³/mol. The molecule has 0 aliphatic carbocycles. The molecule has 0 aliphatic heterocycles. The minimum atomic E-state index is -3.78. The second-order valence-corrected chi connectivity index (χ2v) is 17.6. The average Bonchev–Trinajstić information content (AvgIpc) is 3.19. The highest BCUT2D eigenvalue weighted by molar-refractivity contribution is 8.13. The van der Waals surface area contributed by atoms with Gasteiger partial charge in [0.1, 0.15) is 21.8 Å². The lowest BCUT2D eigenvalue weighted by atomic mass is 10.2. The number of methoxy groups -OCH3 is 2. The van der Waals surface area contributed by atoms with Crippen LogP contribution in [0.25, 0.3) is 21.5 Å². The van der Waals surface area contributed by atoms with Crippen molar-refractivity contribution in [1.29, 1.82) is 0 Å². The molecule has 0 fully saturated rings. The summed E-state index contributed by atoms with van der Waals surface area (Å²) in [5.41, 5.74) is 2.10. The van der Waals surface area contributed by atoms with Crippen LogP contribution >= 0.6 is 57.1 Å². The van der Waals surface area contributed by atoms with Gasteiger partial charge in [0.05, 0.1) is 34.1 Å². The maximum atomic E-state index is 13.2. The highest BCUT2D eigenvalue weighted by Gasteiger charge is 2.24. The smallest absolute Gasteiger partial charge is 0.261 e. The third-order valence-corrected chi connectivity index (χ3v) is 12.5. The van der Waals surface area contributed by atoms with Gasteiger partial charge < -0.3 is 14.8 Å². The van der Waals surface area contributed by atoms with Crippen molar-refractivity contribution in [2.24, 2.45) is 0 Å². The van der Waals surface area contributed by atoms with Crippen molar-refractivity contribution in [2.45, 2.75) is 36.7 Å². The first-order valence-electron chi connectivity index (χ1n) is 16.5. The van der Waals surface area contributed by atoms with E-state index in [2.05, 4.69) is 28.3 Å². The fourth-order valence-corrected chi connectivity index (χ4v) is 8.24. The van der Waals surface area contributed by atoms with E-state index in [1.807, 2.05) is 42.5 Å². The second kappa shape index (κ2) is 20.1. The molecule has 2 aromatic heterocycles. The molecule has 0 unspecified atom stereocenters. The Labute approximate surface area is 345 Å². The van der Waals surface area contributed by atoms with Crippen LogP contribution in [0.15, 0.2) is 107 Å². The number of aromatic nitrogens is 2. The molecular weight excluding hydrogens is 850 g/mol. The van der Waals surface area contributed by atoms with Crippen LogP contribution < -0.4 is 14.8 Å². The molecule has 10 nitrogen and oxygen atoms in total. The third-order valence-electron chi connectivity index (χ3n) is 8.00. The summed E-state index contributed by atoms with van der Waals surface area (Å²) in [6.45, 7) is 6.35. The minimum Gasteiger partial charge on any atom is -0.497 e. The van der Waals surface area contributed by atoms with Crippen LogP contribution in [-0.4, -0.2) is 58.4 Å². The van der Waals surface area contributed by atoms with Gasteiger partial charge in [-0.2, -0.15) is 4.31 Å². The minimum absolute atomic E-state index is 0.0346. The van der Waals surface area contributed by atoms with Crippen LogP contribution in [0.2, 0.25) is 20.4 Å². The van der Waals surface area contributed by atoms with Crippen molar-refractivity contribution in [2.75, 3.05) is 27.3 Å². The number of nitrogens with zero attached hydrogens (tertiary/aromatic N) is 3. The lowest BCUT2D eigenvalue weighted by Crippen LogP contribution is -2.30. The zero-order valence-corrected chi connectivity index (χ0v) is 35.5. The number of ether oxygens (including phenoxy) is 2. The van der Waals surface area contributed by atoms with Gasteiger partial charge in [0, 0.05) is 64.3 Å². The van der Waals surface area contributed by atoms with Gasteiger partial charge in [-0.15, -0.1) is 0 Å². The Morgan fingerprint density at radius 2 is 1.15 bits per heavy atom. The highest BCUT2D eigenvalue weighted by atomic mass is 35.7. The van der Waals surface area contributed by atoms with E-state index in [0.717, 1.165) is 24.4 Å². The molecule has 0 amide bonds. The monoisotopic (exact) mass is 884 g/mol. The van der Waals surface area contributed by atoms with E-state index in [0.29, 0.717) is 43.9 Å². The Kier molecular flexibility index (Phi) is 16.2. The summed E-state index contributed by atoms with van der Waals surface area (Å²) in [4.78, 5) is 7.93. The fraction of sp³-hybridized carbons (Fsp3) is 0.211. The molecule has 0 spiro atoms. The Balaban J connectivity index is 0.000000203. The van der Waals surface area contributed by atoms with Crippen molar-refractivity contribution in [3.63, 3.8) is 0 Å². The number of nitrogens with one attached hydrogen (secondary N) is 1. The Morgan fingerprint density at radius 1 is 0.655 bits per heavy atom. The summed E-state index contributed by atoms with van der Waals surface area (Å²) >= 11 is 24.0. The number of fused-ring (bicyclic) bond motifs is 2. The van der Waals surface area contributed by atoms with Gasteiger partial charge in [-0.3, -0.25) is 0 Å². The number of rotatable bonds is 11. The fourth-order valence-electron chi connectivity index (χ4n) is 5.16. The molecule has 0 bridgehead atoms. The number of hydrogen-bond donors (Lipinski definition) is 1. The molecule has 292 valence electrons. The van der Waals surface area contributed by atoms with E-state index >= 15 is 0 Å². The van der Waals surface area contributed by atoms with Crippen molar-refractivity contribution < 1.29 is 26.3 Å². The quantitative estimate of drug-likeness (QED) is 0.0999. The Bertz CT molecular complexity index is 2490. The Hall–Kier alpha value is -3.43. The van der Waals surface area contributed by atoms with Crippen molar-refractivity contribution >= 4 is 97.7 Å². The maximum Gasteiger partial charge on any atom is 0.261 e. The maximum absolute atomic E-state index is 13.2. The van der Waals surface area contributed by atoms with Gasteiger partial charge in [0.15, 0.2) is 0 Å². The normalized spacial score (nSPS) is 11.5. The molecular formula is C38H37Cl5N4O6S2. The molecule has 17 heteroatoms. The Morgan fingerprint density at radius 3 is 1.64 bits per heavy atom. The number of pyridine rings is 2. The zero-order chi connectivity index (χ0) is 40.3. The molecule has 55 heavy (non-hydrogen) atoms. The van der Waals surface area contributed by atoms with E-state index in [9.17, 15) is 16.8 Å². The van der Waals surface area contributed by atoms with Crippen molar-refractivity contribution in [3.05, 3.63) is 129 Å². The number of sulfonamides is 1. The lowest BCUT2D eigenvalue weighted by Gasteiger charge is -2.21. The SMILES string of the molecule is CCN(Cc1cccc(OC)c1)S(=O)(=O)c1ccc2c(Cl)cnc(Cl)c2c1.CCNCc1cccc(OC)c1.O=S(=O)(Cl)c1ccc2c(Cl)cnc(Cl)c2c1. The van der Waals surface area contributed by atoms with Crippen molar-refractivity contribution in [1.82, 2.24) is 19.6 Å². The molecule has 0 saturated heterocycles. The third kappa shape index (κ3) is 11.8. The van der Waals surface area contributed by atoms with Gasteiger partial charge in [-0.25, -0.2) is 26.8 Å². The zero-order valence-electron chi connectivity index (χ0n) is 30.1. The van der Waals surface area contributed by atoms with Crippen LogP contribution in [-0.2, 0) is 32.2 Å². The first-order chi connectivity index (χ1) is 26.1. The summed E-state index contributed by atoms with van der Waals surface area (Å²) in [6, 6.07) is 24.4. The number of halogens is 5. The van der Waals surface area contributed by atoms with Crippen LogP contribution in [0.4, 0.5) is 0 Å². The lowest BCUT2D eigenvalue weighted by molar-refractivity contribution is 0.407. The van der Waals surface area contributed by atoms with Crippen molar-refractivity contribution in [3.8, 4) is 11.5 Å². The predicted octanol–water partition coefficient (Wildman–Crippen LogP) is 10.0. The van der Waals surface area contributed by atoms with Gasteiger partial charge in [0.25, 0.3) is 9.05 Å². The first-order valence-corrected chi connectivity index (χ1v) is 21.8. The van der Waals surface area contributed by atoms with E-state index < -0.39 is 19.1 Å². The molecule has 0 saturated carbocycles. The van der Waals surface area contributed by atoms with E-state index in [4.69, 9.17) is 66.6 Å². The summed E-state index contributed by atoms with van der Waals surface area (Å²) < 4.78 is 60.3. The molecule has 2 heterocycles. The topological polar surface area (TPSA) is 128 Å². The van der Waals surface area contributed by atoms with Crippen LogP contribution in [0.1, 0.15) is 25.0 Å². The molecule has 6 rings (SSSR count). The molecule has 0 atom stereocenters. The average molecular weight is 887 g/mol.